The van der Waals surface area contributed by atoms with E-state index in [2.05, 4.69) is 5.32 Å². The van der Waals surface area contributed by atoms with Crippen LogP contribution in [-0.2, 0) is 10.0 Å². The minimum atomic E-state index is -3.99. The molecular weight excluding hydrogens is 328 g/mol. The maximum absolute atomic E-state index is 12.0. The van der Waals surface area contributed by atoms with Gasteiger partial charge in [-0.05, 0) is 31.2 Å². The Morgan fingerprint density at radius 1 is 1.14 bits per heavy atom. The van der Waals surface area contributed by atoms with Gasteiger partial charge in [0.15, 0.2) is 0 Å². The first-order valence-corrected chi connectivity index (χ1v) is 8.03. The van der Waals surface area contributed by atoms with Crippen molar-refractivity contribution in [1.29, 1.82) is 0 Å². The highest BCUT2D eigenvalue weighted by atomic mass is 35.5. The van der Waals surface area contributed by atoms with Crippen LogP contribution < -0.4 is 10.0 Å². The Morgan fingerprint density at radius 3 is 2.36 bits per heavy atom. The Labute approximate surface area is 132 Å². The van der Waals surface area contributed by atoms with Gasteiger partial charge in [0.1, 0.15) is 5.75 Å². The average molecular weight is 341 g/mol. The van der Waals surface area contributed by atoms with Crippen LogP contribution in [0.3, 0.4) is 0 Å². The molecule has 0 saturated carbocycles. The van der Waals surface area contributed by atoms with Crippen LogP contribution in [0.5, 0.6) is 5.75 Å². The van der Waals surface area contributed by atoms with Gasteiger partial charge in [0.2, 0.25) is 0 Å². The highest BCUT2D eigenvalue weighted by molar-refractivity contribution is 7.90. The van der Waals surface area contributed by atoms with E-state index in [1.807, 2.05) is 11.6 Å². The third-order valence-corrected chi connectivity index (χ3v) is 4.35. The predicted octanol–water partition coefficient (Wildman–Crippen LogP) is 2.86. The summed E-state index contributed by atoms with van der Waals surface area (Å²) in [5, 5.41) is 12.1. The summed E-state index contributed by atoms with van der Waals surface area (Å²) in [6, 6.07) is 9.08. The van der Waals surface area contributed by atoms with E-state index in [4.69, 9.17) is 11.6 Å². The molecular formula is C14H13ClN2O4S. The van der Waals surface area contributed by atoms with Crippen molar-refractivity contribution in [3.05, 3.63) is 53.1 Å². The smallest absolute Gasteiger partial charge is 0.333 e. The molecule has 0 aliphatic heterocycles. The fourth-order valence-electron chi connectivity index (χ4n) is 1.66. The monoisotopic (exact) mass is 340 g/mol. The number of halogens is 1. The Bertz CT molecular complexity index is 804. The lowest BCUT2D eigenvalue weighted by Gasteiger charge is -2.10. The highest BCUT2D eigenvalue weighted by Gasteiger charge is 2.18. The zero-order chi connectivity index (χ0) is 16.3. The van der Waals surface area contributed by atoms with Crippen LogP contribution >= 0.6 is 11.6 Å². The van der Waals surface area contributed by atoms with Crippen LogP contribution in [-0.4, -0.2) is 19.6 Å². The molecule has 0 radical (unpaired) electrons. The third-order valence-electron chi connectivity index (χ3n) is 2.77. The van der Waals surface area contributed by atoms with Crippen molar-refractivity contribution in [2.45, 2.75) is 11.8 Å². The molecule has 22 heavy (non-hydrogen) atoms. The first-order chi connectivity index (χ1) is 10.3. The van der Waals surface area contributed by atoms with Crippen LogP contribution in [0, 0.1) is 6.92 Å². The number of phenols is 1. The van der Waals surface area contributed by atoms with Crippen molar-refractivity contribution in [3.63, 3.8) is 0 Å². The lowest BCUT2D eigenvalue weighted by molar-refractivity contribution is 0.256. The molecule has 6 nitrogen and oxygen atoms in total. The lowest BCUT2D eigenvalue weighted by Crippen LogP contribution is -2.34. The molecule has 0 aromatic heterocycles. The molecule has 0 saturated heterocycles. The van der Waals surface area contributed by atoms with Crippen LogP contribution in [0.15, 0.2) is 47.4 Å². The molecule has 0 bridgehead atoms. The molecule has 0 unspecified atom stereocenters. The molecule has 0 aliphatic rings. The normalized spacial score (nSPS) is 11.0. The van der Waals surface area contributed by atoms with Crippen LogP contribution in [0.4, 0.5) is 10.5 Å². The Morgan fingerprint density at radius 2 is 1.77 bits per heavy atom. The van der Waals surface area contributed by atoms with Gasteiger partial charge >= 0.3 is 6.03 Å². The zero-order valence-corrected chi connectivity index (χ0v) is 13.1. The molecule has 2 aromatic rings. The topological polar surface area (TPSA) is 95.5 Å². The molecule has 3 N–H and O–H groups in total. The van der Waals surface area contributed by atoms with E-state index >= 15 is 0 Å². The predicted molar refractivity (Wildman–Crippen MR) is 83.6 cm³/mol. The van der Waals surface area contributed by atoms with Crippen LogP contribution in [0.1, 0.15) is 5.56 Å². The second-order valence-electron chi connectivity index (χ2n) is 4.53. The molecule has 2 amide bonds. The number of carbonyl (C=O) groups is 1. The minimum Gasteiger partial charge on any atom is -0.506 e. The molecule has 0 fully saturated rings. The van der Waals surface area contributed by atoms with Gasteiger partial charge < -0.3 is 10.4 Å². The number of anilines is 1. The average Bonchev–Trinajstić information content (AvgIpc) is 2.42. The third kappa shape index (κ3) is 3.90. The minimum absolute atomic E-state index is 0.0337. The summed E-state index contributed by atoms with van der Waals surface area (Å²) in [5.74, 6) is -0.268. The van der Waals surface area contributed by atoms with Crippen molar-refractivity contribution in [2.75, 3.05) is 5.32 Å². The SMILES string of the molecule is Cc1ccc(S(=O)(=O)NC(=O)Nc2ccc(Cl)cc2O)cc1. The summed E-state index contributed by atoms with van der Waals surface area (Å²) in [6.45, 7) is 1.82. The highest BCUT2D eigenvalue weighted by Crippen LogP contribution is 2.26. The summed E-state index contributed by atoms with van der Waals surface area (Å²) < 4.78 is 25.9. The van der Waals surface area contributed by atoms with E-state index in [-0.39, 0.29) is 21.4 Å². The Hall–Kier alpha value is -2.25. The van der Waals surface area contributed by atoms with Crippen molar-refractivity contribution in [1.82, 2.24) is 4.72 Å². The largest absolute Gasteiger partial charge is 0.506 e. The fraction of sp³-hybridized carbons (Fsp3) is 0.0714. The molecule has 2 aromatic carbocycles. The number of rotatable bonds is 3. The second kappa shape index (κ2) is 6.25. The molecule has 8 heteroatoms. The van der Waals surface area contributed by atoms with Gasteiger partial charge in [-0.25, -0.2) is 17.9 Å². The van der Waals surface area contributed by atoms with E-state index in [0.717, 1.165) is 5.56 Å². The second-order valence-corrected chi connectivity index (χ2v) is 6.65. The summed E-state index contributed by atoms with van der Waals surface area (Å²) in [4.78, 5) is 11.7. The number of nitrogens with one attached hydrogen (secondary N) is 2. The van der Waals surface area contributed by atoms with Crippen molar-refractivity contribution < 1.29 is 18.3 Å². The molecule has 0 spiro atoms. The molecule has 0 heterocycles. The van der Waals surface area contributed by atoms with E-state index in [1.54, 1.807) is 12.1 Å². The number of phenolic OH excluding ortho intramolecular Hbond substituents is 1. The number of hydrogen-bond donors (Lipinski definition) is 3. The van der Waals surface area contributed by atoms with Crippen LogP contribution in [0.2, 0.25) is 5.02 Å². The van der Waals surface area contributed by atoms with E-state index < -0.39 is 16.1 Å². The molecule has 0 atom stereocenters. The summed E-state index contributed by atoms with van der Waals surface area (Å²) in [7, 11) is -3.99. The van der Waals surface area contributed by atoms with Crippen molar-refractivity contribution in [3.8, 4) is 5.75 Å². The first kappa shape index (κ1) is 16.1. The van der Waals surface area contributed by atoms with E-state index in [1.165, 1.54) is 30.3 Å². The van der Waals surface area contributed by atoms with E-state index in [9.17, 15) is 18.3 Å². The molecule has 2 rings (SSSR count). The van der Waals surface area contributed by atoms with Gasteiger partial charge in [0.25, 0.3) is 10.0 Å². The number of sulfonamides is 1. The number of amides is 2. The zero-order valence-electron chi connectivity index (χ0n) is 11.5. The van der Waals surface area contributed by atoms with Gasteiger partial charge in [-0.15, -0.1) is 0 Å². The standard InChI is InChI=1S/C14H13ClN2O4S/c1-9-2-5-11(6-3-9)22(20,21)17-14(19)16-12-7-4-10(15)8-13(12)18/h2-8,18H,1H3,(H2,16,17,19). The van der Waals surface area contributed by atoms with Crippen LogP contribution in [0.25, 0.3) is 0 Å². The number of aryl methyl sites for hydroxylation is 1. The summed E-state index contributed by atoms with van der Waals surface area (Å²) in [5.41, 5.74) is 0.940. The van der Waals surface area contributed by atoms with Gasteiger partial charge in [0, 0.05) is 11.1 Å². The number of benzene rings is 2. The molecule has 116 valence electrons. The van der Waals surface area contributed by atoms with Gasteiger partial charge in [-0.2, -0.15) is 0 Å². The fourth-order valence-corrected chi connectivity index (χ4v) is 2.73. The summed E-state index contributed by atoms with van der Waals surface area (Å²) in [6.07, 6.45) is 0. The number of hydrogen-bond acceptors (Lipinski definition) is 4. The van der Waals surface area contributed by atoms with Gasteiger partial charge in [0.05, 0.1) is 10.6 Å². The van der Waals surface area contributed by atoms with Gasteiger partial charge in [-0.1, -0.05) is 29.3 Å². The lowest BCUT2D eigenvalue weighted by atomic mass is 10.2. The number of carbonyl (C=O) groups excluding carboxylic acids is 1. The Kier molecular flexibility index (Phi) is 4.58. The van der Waals surface area contributed by atoms with Gasteiger partial charge in [-0.3, -0.25) is 0 Å². The quantitative estimate of drug-likeness (QED) is 0.749. The number of urea groups is 1. The molecule has 0 aliphatic carbocycles. The summed E-state index contributed by atoms with van der Waals surface area (Å²) >= 11 is 5.67. The Balaban J connectivity index is 2.12. The maximum atomic E-state index is 12.0. The van der Waals surface area contributed by atoms with E-state index in [0.29, 0.717) is 0 Å². The van der Waals surface area contributed by atoms with Crippen molar-refractivity contribution >= 4 is 33.3 Å². The van der Waals surface area contributed by atoms with Crippen molar-refractivity contribution in [2.24, 2.45) is 0 Å². The maximum Gasteiger partial charge on any atom is 0.333 e. The first-order valence-electron chi connectivity index (χ1n) is 6.17. The number of aromatic hydroxyl groups is 1.